The van der Waals surface area contributed by atoms with E-state index < -0.39 is 16.0 Å². The van der Waals surface area contributed by atoms with Crippen molar-refractivity contribution in [1.82, 2.24) is 0 Å². The molecule has 0 saturated carbocycles. The van der Waals surface area contributed by atoms with Crippen LogP contribution < -0.4 is 4.46 Å². The van der Waals surface area contributed by atoms with E-state index in [1.807, 2.05) is 30.3 Å². The van der Waals surface area contributed by atoms with Crippen LogP contribution in [0.4, 0.5) is 4.39 Å². The van der Waals surface area contributed by atoms with E-state index in [0.717, 1.165) is 4.46 Å². The molecule has 1 aromatic rings. The second-order valence-electron chi connectivity index (χ2n) is 3.56. The van der Waals surface area contributed by atoms with Gasteiger partial charge >= 0.3 is 94.9 Å². The molecule has 5 heteroatoms. The zero-order chi connectivity index (χ0) is 10.9. The average molecular weight is 293 g/mol. The molecule has 0 bridgehead atoms. The number of hydrogen-bond acceptors (Lipinski definition) is 2. The Morgan fingerprint density at radius 2 is 1.87 bits per heavy atom. The van der Waals surface area contributed by atoms with Gasteiger partial charge in [-0.25, -0.2) is 0 Å². The van der Waals surface area contributed by atoms with Crippen LogP contribution in [0.5, 0.6) is 0 Å². The van der Waals surface area contributed by atoms with Gasteiger partial charge in [0.2, 0.25) is 0 Å². The van der Waals surface area contributed by atoms with Gasteiger partial charge < -0.3 is 0 Å². The van der Waals surface area contributed by atoms with Gasteiger partial charge in [0, 0.05) is 0 Å². The van der Waals surface area contributed by atoms with E-state index in [-0.39, 0.29) is 31.3 Å². The molecule has 1 heterocycles. The molecule has 1 aliphatic heterocycles. The summed E-state index contributed by atoms with van der Waals surface area (Å²) in [7, 11) is -3.12. The van der Waals surface area contributed by atoms with Crippen molar-refractivity contribution >= 4 is 29.3 Å². The number of alkyl halides is 1. The number of rotatable bonds is 2. The molecule has 0 N–H and O–H groups in total. The van der Waals surface area contributed by atoms with E-state index in [1.165, 1.54) is 0 Å². The molecule has 2 atom stereocenters. The molecule has 2 nitrogen and oxygen atoms in total. The van der Waals surface area contributed by atoms with Gasteiger partial charge in [0.25, 0.3) is 0 Å². The van der Waals surface area contributed by atoms with Crippen LogP contribution in [0, 0.1) is 0 Å². The summed E-state index contributed by atoms with van der Waals surface area (Å²) in [6.45, 7) is 0. The predicted octanol–water partition coefficient (Wildman–Crippen LogP) is 0.571. The summed E-state index contributed by atoms with van der Waals surface area (Å²) in [6.07, 6.45) is -1.17. The third-order valence-corrected chi connectivity index (χ3v) is 7.18. The zero-order valence-electron chi connectivity index (χ0n) is 7.97. The average Bonchev–Trinajstić information content (AvgIpc) is 2.41. The summed E-state index contributed by atoms with van der Waals surface area (Å²) in [4.78, 5) is -0.301. The quantitative estimate of drug-likeness (QED) is 0.747. The minimum absolute atomic E-state index is 0.0169. The molecule has 0 radical (unpaired) electrons. The third kappa shape index (κ3) is 2.80. The molecule has 1 fully saturated rings. The van der Waals surface area contributed by atoms with Crippen LogP contribution in [0.2, 0.25) is 4.82 Å². The second-order valence-corrected chi connectivity index (χ2v) is 8.47. The Bertz CT molecular complexity index is 432. The fourth-order valence-electron chi connectivity index (χ4n) is 1.55. The Labute approximate surface area is 95.0 Å². The molecule has 1 aliphatic rings. The van der Waals surface area contributed by atoms with E-state index in [1.54, 1.807) is 0 Å². The monoisotopic (exact) mass is 294 g/mol. The van der Waals surface area contributed by atoms with Crippen LogP contribution in [-0.2, 0) is 9.84 Å². The Balaban J connectivity index is 2.08. The van der Waals surface area contributed by atoms with Gasteiger partial charge in [-0.3, -0.25) is 0 Å². The maximum atomic E-state index is 13.4. The number of benzene rings is 1. The van der Waals surface area contributed by atoms with Crippen LogP contribution >= 0.6 is 0 Å². The van der Waals surface area contributed by atoms with Gasteiger partial charge in [0.15, 0.2) is 0 Å². The second kappa shape index (κ2) is 4.24. The van der Waals surface area contributed by atoms with Gasteiger partial charge in [-0.15, -0.1) is 0 Å². The zero-order valence-corrected chi connectivity index (χ0v) is 10.5. The van der Waals surface area contributed by atoms with E-state index in [9.17, 15) is 12.8 Å². The topological polar surface area (TPSA) is 34.1 Å². The van der Waals surface area contributed by atoms with E-state index in [2.05, 4.69) is 0 Å². The SMILES string of the molecule is O=S1(=O)C[C@H]([Se]c2ccccc2)[C@@H](F)C1. The standard InChI is InChI=1S/C10H11FO2SSe/c11-9-6-14(12,13)7-10(9)15-8-4-2-1-3-5-8/h1-5,9-10H,6-7H2/t9-,10-/m0/s1. The van der Waals surface area contributed by atoms with Crippen LogP contribution in [0.25, 0.3) is 0 Å². The normalized spacial score (nSPS) is 29.1. The molecule has 0 aromatic heterocycles. The summed E-state index contributed by atoms with van der Waals surface area (Å²) in [5, 5.41) is 0. The van der Waals surface area contributed by atoms with Gasteiger partial charge in [0.1, 0.15) is 0 Å². The minimum atomic E-state index is -3.12. The molecule has 0 amide bonds. The molecule has 0 unspecified atom stereocenters. The van der Waals surface area contributed by atoms with Crippen molar-refractivity contribution in [3.8, 4) is 0 Å². The van der Waals surface area contributed by atoms with Crippen LogP contribution in [-0.4, -0.2) is 41.1 Å². The number of hydrogen-bond donors (Lipinski definition) is 0. The van der Waals surface area contributed by atoms with Gasteiger partial charge in [-0.2, -0.15) is 0 Å². The van der Waals surface area contributed by atoms with E-state index in [0.29, 0.717) is 0 Å². The fourth-order valence-corrected chi connectivity index (χ4v) is 7.10. The number of sulfone groups is 1. The Kier molecular flexibility index (Phi) is 3.14. The first-order chi connectivity index (χ1) is 7.07. The Morgan fingerprint density at radius 3 is 2.40 bits per heavy atom. The first kappa shape index (κ1) is 11.1. The summed E-state index contributed by atoms with van der Waals surface area (Å²) < 4.78 is 36.9. The van der Waals surface area contributed by atoms with Crippen molar-refractivity contribution in [1.29, 1.82) is 0 Å². The molecule has 2 rings (SSSR count). The van der Waals surface area contributed by atoms with Crippen LogP contribution in [0.15, 0.2) is 30.3 Å². The molecular weight excluding hydrogens is 282 g/mol. The molecule has 82 valence electrons. The molecule has 1 aromatic carbocycles. The third-order valence-electron chi connectivity index (χ3n) is 2.27. The summed E-state index contributed by atoms with van der Waals surface area (Å²) in [5.41, 5.74) is 0. The van der Waals surface area contributed by atoms with Crippen molar-refractivity contribution in [2.24, 2.45) is 0 Å². The van der Waals surface area contributed by atoms with Gasteiger partial charge in [0.05, 0.1) is 0 Å². The molecular formula is C10H11FO2SSe. The van der Waals surface area contributed by atoms with Crippen molar-refractivity contribution in [3.05, 3.63) is 30.3 Å². The summed E-state index contributed by atoms with van der Waals surface area (Å²) in [6, 6.07) is 9.55. The summed E-state index contributed by atoms with van der Waals surface area (Å²) >= 11 is -0.0791. The predicted molar refractivity (Wildman–Crippen MR) is 59.1 cm³/mol. The first-order valence-corrected chi connectivity index (χ1v) is 8.30. The first-order valence-electron chi connectivity index (χ1n) is 4.63. The van der Waals surface area contributed by atoms with Crippen LogP contribution in [0.3, 0.4) is 0 Å². The maximum absolute atomic E-state index is 13.4. The molecule has 0 aliphatic carbocycles. The van der Waals surface area contributed by atoms with Crippen LogP contribution in [0.1, 0.15) is 0 Å². The Morgan fingerprint density at radius 1 is 1.20 bits per heavy atom. The van der Waals surface area contributed by atoms with Crippen molar-refractivity contribution in [3.63, 3.8) is 0 Å². The Hall–Kier alpha value is -0.381. The fraction of sp³-hybridized carbons (Fsp3) is 0.400. The van der Waals surface area contributed by atoms with E-state index >= 15 is 0 Å². The molecule has 0 spiro atoms. The molecule has 1 saturated heterocycles. The number of halogens is 1. The summed E-state index contributed by atoms with van der Waals surface area (Å²) in [5.74, 6) is -0.269. The van der Waals surface area contributed by atoms with Crippen molar-refractivity contribution in [2.75, 3.05) is 11.5 Å². The van der Waals surface area contributed by atoms with Crippen molar-refractivity contribution in [2.45, 2.75) is 11.0 Å². The van der Waals surface area contributed by atoms with Crippen molar-refractivity contribution < 1.29 is 12.8 Å². The van der Waals surface area contributed by atoms with Gasteiger partial charge in [-0.05, 0) is 0 Å². The molecule has 15 heavy (non-hydrogen) atoms. The van der Waals surface area contributed by atoms with Gasteiger partial charge in [-0.1, -0.05) is 0 Å². The van der Waals surface area contributed by atoms with E-state index in [4.69, 9.17) is 0 Å².